The molecular formula is C23H36O11. The molecular weight excluding hydrogens is 452 g/mol. The van der Waals surface area contributed by atoms with E-state index in [1.165, 1.54) is 0 Å². The van der Waals surface area contributed by atoms with Crippen LogP contribution in [0.2, 0.25) is 0 Å². The maximum absolute atomic E-state index is 11.6. The quantitative estimate of drug-likeness (QED) is 0.217. The van der Waals surface area contributed by atoms with Crippen molar-refractivity contribution in [3.8, 4) is 0 Å². The van der Waals surface area contributed by atoms with Crippen LogP contribution in [0.4, 0.5) is 0 Å². The van der Waals surface area contributed by atoms with Gasteiger partial charge in [-0.2, -0.15) is 0 Å². The topological polar surface area (TPSA) is 190 Å². The van der Waals surface area contributed by atoms with Crippen LogP contribution in [0.25, 0.3) is 0 Å². The molecule has 194 valence electrons. The van der Waals surface area contributed by atoms with E-state index < -0.39 is 85.5 Å². The smallest absolute Gasteiger partial charge is 0.202 e. The number of hydrogen-bond donors (Lipinski definition) is 8. The number of hydrogen-bond acceptors (Lipinski definition) is 11. The fraction of sp³-hybridized carbons (Fsp3) is 0.739. The Bertz CT molecular complexity index is 785. The van der Waals surface area contributed by atoms with E-state index >= 15 is 0 Å². The molecule has 2 saturated heterocycles. The van der Waals surface area contributed by atoms with E-state index in [9.17, 15) is 40.9 Å². The normalized spacial score (nSPS) is 42.4. The number of aliphatic hydroxyl groups excluding tert-OH is 7. The van der Waals surface area contributed by atoms with Crippen molar-refractivity contribution in [3.05, 3.63) is 35.9 Å². The third kappa shape index (κ3) is 5.15. The lowest BCUT2D eigenvalue weighted by Crippen LogP contribution is -2.68. The Labute approximate surface area is 197 Å². The fourth-order valence-corrected chi connectivity index (χ4v) is 4.80. The summed E-state index contributed by atoms with van der Waals surface area (Å²) in [4.78, 5) is 0. The first-order valence-electron chi connectivity index (χ1n) is 11.2. The van der Waals surface area contributed by atoms with Gasteiger partial charge in [0.15, 0.2) is 6.29 Å². The molecule has 0 amide bonds. The first-order chi connectivity index (χ1) is 15.8. The average molecular weight is 489 g/mol. The van der Waals surface area contributed by atoms with Crippen LogP contribution < -0.4 is 0 Å². The molecule has 1 unspecified atom stereocenters. The third-order valence-electron chi connectivity index (χ3n) is 6.50. The molecule has 2 fully saturated rings. The third-order valence-corrected chi connectivity index (χ3v) is 6.50. The standard InChI is InChI=1S/C23H36O11/c1-22(2,3)19(11-7-5-4-6-8-11)23(31)20(30)17(28)15(26)13(34-23)10-32-21-18(29)16(27)14(25)12(9-24)33-21/h4-8,12-21,24-31H,9-10H2,1-3H3/t12-,13-,14-,15-,16+,17+,18-,19?,20-,21-,23-/m1/s1. The summed E-state index contributed by atoms with van der Waals surface area (Å²) in [5.74, 6) is -3.17. The molecule has 2 heterocycles. The van der Waals surface area contributed by atoms with E-state index in [4.69, 9.17) is 14.2 Å². The van der Waals surface area contributed by atoms with Crippen LogP contribution >= 0.6 is 0 Å². The van der Waals surface area contributed by atoms with Crippen LogP contribution in [-0.4, -0.2) is 115 Å². The summed E-state index contributed by atoms with van der Waals surface area (Å²) in [5, 5.41) is 82.8. The van der Waals surface area contributed by atoms with Gasteiger partial charge in [0.1, 0.15) is 48.8 Å². The number of benzene rings is 1. The van der Waals surface area contributed by atoms with E-state index in [0.29, 0.717) is 5.56 Å². The van der Waals surface area contributed by atoms with Crippen molar-refractivity contribution in [3.63, 3.8) is 0 Å². The molecule has 11 atom stereocenters. The van der Waals surface area contributed by atoms with E-state index in [0.717, 1.165) is 0 Å². The number of ether oxygens (including phenoxy) is 3. The summed E-state index contributed by atoms with van der Waals surface area (Å²) in [7, 11) is 0. The molecule has 0 aromatic heterocycles. The summed E-state index contributed by atoms with van der Waals surface area (Å²) in [6, 6.07) is 8.82. The summed E-state index contributed by atoms with van der Waals surface area (Å²) in [6.45, 7) is 4.31. The Morgan fingerprint density at radius 3 is 2.03 bits per heavy atom. The summed E-state index contributed by atoms with van der Waals surface area (Å²) < 4.78 is 16.6. The molecule has 1 aromatic rings. The van der Waals surface area contributed by atoms with Crippen LogP contribution in [-0.2, 0) is 14.2 Å². The van der Waals surface area contributed by atoms with Gasteiger partial charge < -0.3 is 55.1 Å². The molecule has 3 rings (SSSR count). The molecule has 0 aliphatic carbocycles. The molecule has 11 nitrogen and oxygen atoms in total. The van der Waals surface area contributed by atoms with Crippen LogP contribution in [0, 0.1) is 5.41 Å². The monoisotopic (exact) mass is 488 g/mol. The molecule has 2 aliphatic heterocycles. The highest BCUT2D eigenvalue weighted by Crippen LogP contribution is 2.48. The maximum atomic E-state index is 11.6. The molecule has 0 spiro atoms. The van der Waals surface area contributed by atoms with Crippen LogP contribution in [0.3, 0.4) is 0 Å². The predicted molar refractivity (Wildman–Crippen MR) is 116 cm³/mol. The van der Waals surface area contributed by atoms with Gasteiger partial charge in [-0.25, -0.2) is 0 Å². The van der Waals surface area contributed by atoms with Crippen molar-refractivity contribution in [2.45, 2.75) is 87.6 Å². The second-order valence-corrected chi connectivity index (χ2v) is 10.1. The van der Waals surface area contributed by atoms with Gasteiger partial charge in [-0.3, -0.25) is 0 Å². The van der Waals surface area contributed by atoms with Crippen LogP contribution in [0.1, 0.15) is 32.3 Å². The maximum Gasteiger partial charge on any atom is 0.202 e. The van der Waals surface area contributed by atoms with Gasteiger partial charge in [-0.05, 0) is 11.0 Å². The molecule has 0 bridgehead atoms. The van der Waals surface area contributed by atoms with E-state index in [1.54, 1.807) is 30.3 Å². The first kappa shape index (κ1) is 27.4. The average Bonchev–Trinajstić information content (AvgIpc) is 2.78. The lowest BCUT2D eigenvalue weighted by atomic mass is 9.68. The highest BCUT2D eigenvalue weighted by Gasteiger charge is 2.59. The van der Waals surface area contributed by atoms with Crippen molar-refractivity contribution in [1.82, 2.24) is 0 Å². The zero-order valence-electron chi connectivity index (χ0n) is 19.4. The Morgan fingerprint density at radius 1 is 0.882 bits per heavy atom. The van der Waals surface area contributed by atoms with Gasteiger partial charge >= 0.3 is 0 Å². The van der Waals surface area contributed by atoms with E-state index in [2.05, 4.69) is 0 Å². The lowest BCUT2D eigenvalue weighted by Gasteiger charge is -2.52. The van der Waals surface area contributed by atoms with Crippen molar-refractivity contribution in [2.24, 2.45) is 5.41 Å². The Hall–Kier alpha value is -1.22. The van der Waals surface area contributed by atoms with Crippen molar-refractivity contribution in [2.75, 3.05) is 13.2 Å². The minimum absolute atomic E-state index is 0.526. The fourth-order valence-electron chi connectivity index (χ4n) is 4.80. The molecule has 8 N–H and O–H groups in total. The van der Waals surface area contributed by atoms with Crippen molar-refractivity contribution < 1.29 is 55.1 Å². The van der Waals surface area contributed by atoms with Gasteiger partial charge in [0, 0.05) is 5.92 Å². The lowest BCUT2D eigenvalue weighted by molar-refractivity contribution is -0.374. The van der Waals surface area contributed by atoms with E-state index in [1.807, 2.05) is 20.8 Å². The minimum atomic E-state index is -2.33. The van der Waals surface area contributed by atoms with Gasteiger partial charge in [-0.1, -0.05) is 51.1 Å². The summed E-state index contributed by atoms with van der Waals surface area (Å²) >= 11 is 0. The van der Waals surface area contributed by atoms with Gasteiger partial charge in [0.05, 0.1) is 13.2 Å². The first-order valence-corrected chi connectivity index (χ1v) is 11.2. The second kappa shape index (κ2) is 10.4. The number of aliphatic hydroxyl groups is 8. The highest BCUT2D eigenvalue weighted by atomic mass is 16.7. The molecule has 1 aromatic carbocycles. The molecule has 34 heavy (non-hydrogen) atoms. The van der Waals surface area contributed by atoms with Crippen LogP contribution in [0.5, 0.6) is 0 Å². The van der Waals surface area contributed by atoms with Crippen LogP contribution in [0.15, 0.2) is 30.3 Å². The van der Waals surface area contributed by atoms with Crippen molar-refractivity contribution >= 4 is 0 Å². The predicted octanol–water partition coefficient (Wildman–Crippen LogP) is -2.20. The summed E-state index contributed by atoms with van der Waals surface area (Å²) in [5.41, 5.74) is -0.0318. The Kier molecular flexibility index (Phi) is 8.38. The molecule has 0 saturated carbocycles. The Balaban J connectivity index is 1.84. The Morgan fingerprint density at radius 2 is 1.47 bits per heavy atom. The minimum Gasteiger partial charge on any atom is -0.394 e. The largest absolute Gasteiger partial charge is 0.394 e. The zero-order chi connectivity index (χ0) is 25.4. The van der Waals surface area contributed by atoms with Gasteiger partial charge in [-0.15, -0.1) is 0 Å². The summed E-state index contributed by atoms with van der Waals surface area (Å²) in [6.07, 6.45) is -14.3. The molecule has 2 aliphatic rings. The molecule has 11 heteroatoms. The second-order valence-electron chi connectivity index (χ2n) is 10.1. The van der Waals surface area contributed by atoms with E-state index in [-0.39, 0.29) is 0 Å². The van der Waals surface area contributed by atoms with Crippen molar-refractivity contribution in [1.29, 1.82) is 0 Å². The zero-order valence-corrected chi connectivity index (χ0v) is 19.4. The van der Waals surface area contributed by atoms with Gasteiger partial charge in [0.25, 0.3) is 0 Å². The highest BCUT2D eigenvalue weighted by molar-refractivity contribution is 5.26. The molecule has 0 radical (unpaired) electrons. The van der Waals surface area contributed by atoms with Gasteiger partial charge in [0.2, 0.25) is 5.79 Å². The number of rotatable bonds is 6. The SMILES string of the molecule is CC(C)(C)C(c1ccccc1)[C@@]1(O)O[C@H](CO[C@@H]2O[C@H](CO)[C@@H](O)[C@H](O)[C@H]2O)[C@@H](O)[C@H](O)[C@H]1O.